The Labute approximate surface area is 127 Å². The summed E-state index contributed by atoms with van der Waals surface area (Å²) in [5.41, 5.74) is 1.49. The average Bonchev–Trinajstić information content (AvgIpc) is 2.49. The van der Waals surface area contributed by atoms with Crippen LogP contribution in [-0.4, -0.2) is 58.1 Å². The van der Waals surface area contributed by atoms with Crippen LogP contribution in [0.5, 0.6) is 0 Å². The highest BCUT2D eigenvalue weighted by atomic mass is 35.5. The SMILES string of the molecule is Cc1ccc(C2O[C@H]([C@H](O)CO)[C@H](O)[C@H](CO)O2)cc1Cl. The lowest BCUT2D eigenvalue weighted by atomic mass is 10.0. The van der Waals surface area contributed by atoms with Gasteiger partial charge in [-0.3, -0.25) is 0 Å². The molecule has 2 rings (SSSR count). The zero-order valence-electron chi connectivity index (χ0n) is 11.5. The van der Waals surface area contributed by atoms with Crippen molar-refractivity contribution in [2.75, 3.05) is 13.2 Å². The Kier molecular flexibility index (Phi) is 5.56. The van der Waals surface area contributed by atoms with Gasteiger partial charge < -0.3 is 29.9 Å². The molecule has 0 aliphatic carbocycles. The van der Waals surface area contributed by atoms with Crippen molar-refractivity contribution in [2.45, 2.75) is 37.6 Å². The summed E-state index contributed by atoms with van der Waals surface area (Å²) in [4.78, 5) is 0. The Bertz CT molecular complexity index is 483. The Morgan fingerprint density at radius 1 is 1.29 bits per heavy atom. The number of aliphatic hydroxyl groups is 4. The Morgan fingerprint density at radius 2 is 2.00 bits per heavy atom. The fourth-order valence-electron chi connectivity index (χ4n) is 2.19. The lowest BCUT2D eigenvalue weighted by Crippen LogP contribution is -2.54. The number of hydrogen-bond donors (Lipinski definition) is 4. The maximum absolute atomic E-state index is 9.99. The van der Waals surface area contributed by atoms with Crippen molar-refractivity contribution in [1.82, 2.24) is 0 Å². The molecule has 6 nitrogen and oxygen atoms in total. The number of aliphatic hydroxyl groups excluding tert-OH is 4. The van der Waals surface area contributed by atoms with Crippen molar-refractivity contribution in [2.24, 2.45) is 0 Å². The van der Waals surface area contributed by atoms with Crippen molar-refractivity contribution >= 4 is 11.6 Å². The van der Waals surface area contributed by atoms with E-state index in [1.54, 1.807) is 18.2 Å². The van der Waals surface area contributed by atoms with E-state index in [-0.39, 0.29) is 0 Å². The number of rotatable bonds is 4. The monoisotopic (exact) mass is 318 g/mol. The highest BCUT2D eigenvalue weighted by Gasteiger charge is 2.42. The largest absolute Gasteiger partial charge is 0.394 e. The normalized spacial score (nSPS) is 31.1. The van der Waals surface area contributed by atoms with E-state index in [0.29, 0.717) is 10.6 Å². The van der Waals surface area contributed by atoms with E-state index < -0.39 is 43.9 Å². The summed E-state index contributed by atoms with van der Waals surface area (Å²) in [5, 5.41) is 38.6. The smallest absolute Gasteiger partial charge is 0.185 e. The molecule has 7 heteroatoms. The number of ether oxygens (including phenoxy) is 2. The summed E-state index contributed by atoms with van der Waals surface area (Å²) >= 11 is 6.06. The van der Waals surface area contributed by atoms with Crippen LogP contribution in [0.15, 0.2) is 18.2 Å². The second-order valence-corrected chi connectivity index (χ2v) is 5.45. The van der Waals surface area contributed by atoms with Gasteiger partial charge >= 0.3 is 0 Å². The van der Waals surface area contributed by atoms with Crippen molar-refractivity contribution < 1.29 is 29.9 Å². The van der Waals surface area contributed by atoms with Crippen molar-refractivity contribution in [3.8, 4) is 0 Å². The molecular formula is C14H19ClO6. The van der Waals surface area contributed by atoms with Gasteiger partial charge in [0.05, 0.1) is 13.2 Å². The second kappa shape index (κ2) is 7.02. The Balaban J connectivity index is 2.24. The standard InChI is InChI=1S/C14H19ClO6/c1-7-2-3-8(4-9(7)15)14-20-11(6-17)12(19)13(21-14)10(18)5-16/h2-4,10-14,16-19H,5-6H2,1H3/t10-,11+,12-,13-,14?/m1/s1. The van der Waals surface area contributed by atoms with Crippen LogP contribution in [0.1, 0.15) is 17.4 Å². The molecule has 0 amide bonds. The summed E-state index contributed by atoms with van der Waals surface area (Å²) in [6.07, 6.45) is -5.40. The van der Waals surface area contributed by atoms with E-state index in [0.717, 1.165) is 5.56 Å². The molecular weight excluding hydrogens is 300 g/mol. The molecule has 1 unspecified atom stereocenters. The van der Waals surface area contributed by atoms with E-state index in [4.69, 9.17) is 26.2 Å². The van der Waals surface area contributed by atoms with Gasteiger partial charge in [0.1, 0.15) is 24.4 Å². The van der Waals surface area contributed by atoms with Crippen LogP contribution in [0.3, 0.4) is 0 Å². The molecule has 118 valence electrons. The number of aryl methyl sites for hydroxylation is 1. The first-order valence-corrected chi connectivity index (χ1v) is 7.00. The lowest BCUT2D eigenvalue weighted by molar-refractivity contribution is -0.310. The number of benzene rings is 1. The first-order chi connectivity index (χ1) is 9.97. The molecule has 0 radical (unpaired) electrons. The minimum Gasteiger partial charge on any atom is -0.394 e. The summed E-state index contributed by atoms with van der Waals surface area (Å²) in [5.74, 6) is 0. The third-order valence-corrected chi connectivity index (χ3v) is 3.92. The van der Waals surface area contributed by atoms with Crippen LogP contribution < -0.4 is 0 Å². The van der Waals surface area contributed by atoms with Gasteiger partial charge in [0, 0.05) is 10.6 Å². The van der Waals surface area contributed by atoms with Crippen LogP contribution in [0.4, 0.5) is 0 Å². The molecule has 1 aromatic carbocycles. The summed E-state index contributed by atoms with van der Waals surface area (Å²) in [7, 11) is 0. The van der Waals surface area contributed by atoms with Crippen LogP contribution in [0, 0.1) is 6.92 Å². The molecule has 4 N–H and O–H groups in total. The van der Waals surface area contributed by atoms with Crippen LogP contribution in [0.2, 0.25) is 5.02 Å². The number of halogens is 1. The zero-order valence-corrected chi connectivity index (χ0v) is 12.3. The molecule has 1 aromatic rings. The molecule has 1 aliphatic rings. The van der Waals surface area contributed by atoms with Crippen molar-refractivity contribution in [3.05, 3.63) is 34.3 Å². The molecule has 1 aliphatic heterocycles. The molecule has 0 aromatic heterocycles. The van der Waals surface area contributed by atoms with Gasteiger partial charge in [-0.15, -0.1) is 0 Å². The second-order valence-electron chi connectivity index (χ2n) is 5.04. The summed E-state index contributed by atoms with van der Waals surface area (Å²) < 4.78 is 11.0. The van der Waals surface area contributed by atoms with Crippen LogP contribution in [-0.2, 0) is 9.47 Å². The quantitative estimate of drug-likeness (QED) is 0.630. The molecule has 0 bridgehead atoms. The van der Waals surface area contributed by atoms with Crippen LogP contribution >= 0.6 is 11.6 Å². The van der Waals surface area contributed by atoms with E-state index in [1.807, 2.05) is 6.92 Å². The predicted octanol–water partition coefficient (Wildman–Crippen LogP) is 0.137. The minimum absolute atomic E-state index is 0.435. The van der Waals surface area contributed by atoms with Crippen molar-refractivity contribution in [3.63, 3.8) is 0 Å². The topological polar surface area (TPSA) is 99.4 Å². The van der Waals surface area contributed by atoms with Gasteiger partial charge in [-0.1, -0.05) is 23.7 Å². The van der Waals surface area contributed by atoms with Gasteiger partial charge in [-0.2, -0.15) is 0 Å². The highest BCUT2D eigenvalue weighted by molar-refractivity contribution is 6.31. The molecule has 1 heterocycles. The number of hydrogen-bond acceptors (Lipinski definition) is 6. The van der Waals surface area contributed by atoms with E-state index >= 15 is 0 Å². The predicted molar refractivity (Wildman–Crippen MR) is 74.9 cm³/mol. The first-order valence-electron chi connectivity index (χ1n) is 6.62. The average molecular weight is 319 g/mol. The highest BCUT2D eigenvalue weighted by Crippen LogP contribution is 2.33. The van der Waals surface area contributed by atoms with Crippen LogP contribution in [0.25, 0.3) is 0 Å². The maximum atomic E-state index is 9.99. The lowest BCUT2D eigenvalue weighted by Gasteiger charge is -2.40. The van der Waals surface area contributed by atoms with E-state index in [9.17, 15) is 15.3 Å². The fourth-order valence-corrected chi connectivity index (χ4v) is 2.38. The van der Waals surface area contributed by atoms with Gasteiger partial charge in [0.25, 0.3) is 0 Å². The molecule has 1 fully saturated rings. The summed E-state index contributed by atoms with van der Waals surface area (Å²) in [6.45, 7) is 0.851. The van der Waals surface area contributed by atoms with Gasteiger partial charge in [0.2, 0.25) is 0 Å². The molecule has 0 saturated carbocycles. The maximum Gasteiger partial charge on any atom is 0.185 e. The zero-order chi connectivity index (χ0) is 15.6. The van der Waals surface area contributed by atoms with E-state index in [2.05, 4.69) is 0 Å². The van der Waals surface area contributed by atoms with Gasteiger partial charge in [-0.05, 0) is 18.6 Å². The molecule has 0 spiro atoms. The first kappa shape index (κ1) is 16.6. The third kappa shape index (κ3) is 3.54. The fraction of sp³-hybridized carbons (Fsp3) is 0.571. The van der Waals surface area contributed by atoms with E-state index in [1.165, 1.54) is 0 Å². The van der Waals surface area contributed by atoms with Gasteiger partial charge in [0.15, 0.2) is 6.29 Å². The van der Waals surface area contributed by atoms with Gasteiger partial charge in [-0.25, -0.2) is 0 Å². The molecule has 1 saturated heterocycles. The third-order valence-electron chi connectivity index (χ3n) is 3.51. The Hall–Kier alpha value is -0.730. The van der Waals surface area contributed by atoms with Crippen molar-refractivity contribution in [1.29, 1.82) is 0 Å². The molecule has 21 heavy (non-hydrogen) atoms. The Morgan fingerprint density at radius 3 is 2.57 bits per heavy atom. The summed E-state index contributed by atoms with van der Waals surface area (Å²) in [6, 6.07) is 5.21. The minimum atomic E-state index is -1.28. The molecule has 5 atom stereocenters.